The third-order valence-electron chi connectivity index (χ3n) is 3.50. The lowest BCUT2D eigenvalue weighted by atomic mass is 10.1. The Kier molecular flexibility index (Phi) is 4.26. The molecule has 1 aromatic carbocycles. The van der Waals surface area contributed by atoms with Gasteiger partial charge in [-0.25, -0.2) is 4.79 Å². The molecule has 0 saturated heterocycles. The van der Waals surface area contributed by atoms with Gasteiger partial charge in [0.1, 0.15) is 5.56 Å². The molecule has 0 amide bonds. The summed E-state index contributed by atoms with van der Waals surface area (Å²) in [6.07, 6.45) is 1.58. The fourth-order valence-electron chi connectivity index (χ4n) is 2.60. The number of hydrogen-bond donors (Lipinski definition) is 2. The van der Waals surface area contributed by atoms with Crippen molar-refractivity contribution in [3.05, 3.63) is 34.4 Å². The number of fused-ring (bicyclic) bond motifs is 3. The van der Waals surface area contributed by atoms with Crippen LogP contribution in [0.2, 0.25) is 0 Å². The summed E-state index contributed by atoms with van der Waals surface area (Å²) in [6.45, 7) is 6.18. The number of H-pyrrole nitrogens is 1. The molecule has 0 bridgehead atoms. The molecule has 0 fully saturated rings. The molecule has 0 atom stereocenters. The summed E-state index contributed by atoms with van der Waals surface area (Å²) >= 11 is 3.48. The first-order valence-corrected chi connectivity index (χ1v) is 8.34. The molecule has 2 N–H and O–H groups in total. The number of nitrogens with one attached hydrogen (secondary N) is 2. The van der Waals surface area contributed by atoms with Crippen LogP contribution in [0.4, 0.5) is 5.69 Å². The minimum absolute atomic E-state index is 0.173. The van der Waals surface area contributed by atoms with Crippen LogP contribution >= 0.6 is 15.9 Å². The van der Waals surface area contributed by atoms with Gasteiger partial charge in [0.15, 0.2) is 0 Å². The average molecular weight is 376 g/mol. The third-order valence-corrected chi connectivity index (χ3v) is 4.00. The second-order valence-corrected chi connectivity index (χ2v) is 6.52. The van der Waals surface area contributed by atoms with Crippen LogP contribution in [0.25, 0.3) is 21.9 Å². The van der Waals surface area contributed by atoms with Gasteiger partial charge < -0.3 is 15.0 Å². The fourth-order valence-corrected chi connectivity index (χ4v) is 2.96. The number of hydrogen-bond acceptors (Lipinski definition) is 4. The first kappa shape index (κ1) is 15.8. The Morgan fingerprint density at radius 2 is 2.22 bits per heavy atom. The largest absolute Gasteiger partial charge is 0.462 e. The van der Waals surface area contributed by atoms with E-state index in [1.165, 1.54) is 0 Å². The van der Waals surface area contributed by atoms with Crippen LogP contribution in [-0.2, 0) is 4.74 Å². The number of rotatable bonds is 4. The van der Waals surface area contributed by atoms with Crippen molar-refractivity contribution in [1.29, 1.82) is 0 Å². The number of aromatic nitrogens is 2. The lowest BCUT2D eigenvalue weighted by Crippen LogP contribution is -2.15. The van der Waals surface area contributed by atoms with E-state index in [-0.39, 0.29) is 12.0 Å². The molecule has 2 aromatic heterocycles. The van der Waals surface area contributed by atoms with Crippen LogP contribution in [0.3, 0.4) is 0 Å². The van der Waals surface area contributed by atoms with Crippen LogP contribution in [0.1, 0.15) is 31.1 Å². The maximum atomic E-state index is 12.2. The number of esters is 1. The lowest BCUT2D eigenvalue weighted by molar-refractivity contribution is 0.0527. The molecule has 0 aliphatic carbocycles. The van der Waals surface area contributed by atoms with Crippen molar-refractivity contribution in [3.63, 3.8) is 0 Å². The van der Waals surface area contributed by atoms with E-state index in [1.807, 2.05) is 32.0 Å². The highest BCUT2D eigenvalue weighted by atomic mass is 79.9. The minimum Gasteiger partial charge on any atom is -0.462 e. The third kappa shape index (κ3) is 2.91. The summed E-state index contributed by atoms with van der Waals surface area (Å²) in [5.41, 5.74) is 3.80. The SMILES string of the molecule is CCOC(=O)c1cnc2c([nH]c3cc(Br)ccc32)c1NC(C)C. The van der Waals surface area contributed by atoms with E-state index in [4.69, 9.17) is 4.74 Å². The topological polar surface area (TPSA) is 67.0 Å². The van der Waals surface area contributed by atoms with Crippen LogP contribution < -0.4 is 5.32 Å². The number of carbonyl (C=O) groups excluding carboxylic acids is 1. The first-order chi connectivity index (χ1) is 11.0. The fraction of sp³-hybridized carbons (Fsp3) is 0.294. The van der Waals surface area contributed by atoms with Gasteiger partial charge in [0.2, 0.25) is 0 Å². The second-order valence-electron chi connectivity index (χ2n) is 5.60. The van der Waals surface area contributed by atoms with E-state index in [1.54, 1.807) is 13.1 Å². The van der Waals surface area contributed by atoms with Crippen molar-refractivity contribution in [2.24, 2.45) is 0 Å². The van der Waals surface area contributed by atoms with E-state index in [0.717, 1.165) is 32.1 Å². The van der Waals surface area contributed by atoms with E-state index in [9.17, 15) is 4.79 Å². The second kappa shape index (κ2) is 6.20. The molecule has 3 aromatic rings. The van der Waals surface area contributed by atoms with Crippen LogP contribution in [0, 0.1) is 0 Å². The van der Waals surface area contributed by atoms with E-state index in [0.29, 0.717) is 12.2 Å². The predicted molar refractivity (Wildman–Crippen MR) is 96.0 cm³/mol. The zero-order valence-electron chi connectivity index (χ0n) is 13.2. The highest BCUT2D eigenvalue weighted by Gasteiger charge is 2.20. The minimum atomic E-state index is -0.370. The highest BCUT2D eigenvalue weighted by Crippen LogP contribution is 2.33. The number of nitrogens with zero attached hydrogens (tertiary/aromatic N) is 1. The Labute approximate surface area is 142 Å². The molecule has 0 aliphatic heterocycles. The molecule has 23 heavy (non-hydrogen) atoms. The predicted octanol–water partition coefficient (Wildman–Crippen LogP) is 4.48. The summed E-state index contributed by atoms with van der Waals surface area (Å²) in [7, 11) is 0. The normalized spacial score (nSPS) is 11.3. The summed E-state index contributed by atoms with van der Waals surface area (Å²) in [5.74, 6) is -0.370. The van der Waals surface area contributed by atoms with Gasteiger partial charge >= 0.3 is 5.97 Å². The smallest absolute Gasteiger partial charge is 0.341 e. The zero-order valence-corrected chi connectivity index (χ0v) is 14.8. The summed E-state index contributed by atoms with van der Waals surface area (Å²) < 4.78 is 6.14. The number of anilines is 1. The molecular weight excluding hydrogens is 358 g/mol. The molecule has 120 valence electrons. The average Bonchev–Trinajstić information content (AvgIpc) is 2.85. The van der Waals surface area contributed by atoms with Crippen molar-refractivity contribution >= 4 is 49.5 Å². The molecule has 5 nitrogen and oxygen atoms in total. The first-order valence-electron chi connectivity index (χ1n) is 7.54. The summed E-state index contributed by atoms with van der Waals surface area (Å²) in [5, 5.41) is 4.37. The molecule has 0 radical (unpaired) electrons. The number of halogens is 1. The Morgan fingerprint density at radius 3 is 2.91 bits per heavy atom. The van der Waals surface area contributed by atoms with Crippen LogP contribution in [0.15, 0.2) is 28.9 Å². The number of carbonyl (C=O) groups is 1. The zero-order chi connectivity index (χ0) is 16.6. The van der Waals surface area contributed by atoms with Gasteiger partial charge in [-0.3, -0.25) is 4.98 Å². The van der Waals surface area contributed by atoms with E-state index < -0.39 is 0 Å². The van der Waals surface area contributed by atoms with Gasteiger partial charge in [-0.2, -0.15) is 0 Å². The van der Waals surface area contributed by atoms with Crippen molar-refractivity contribution in [2.75, 3.05) is 11.9 Å². The van der Waals surface area contributed by atoms with Crippen molar-refractivity contribution in [2.45, 2.75) is 26.8 Å². The van der Waals surface area contributed by atoms with Gasteiger partial charge in [-0.05, 0) is 39.0 Å². The van der Waals surface area contributed by atoms with Crippen molar-refractivity contribution in [1.82, 2.24) is 9.97 Å². The number of aromatic amines is 1. The molecule has 3 rings (SSSR count). The maximum Gasteiger partial charge on any atom is 0.341 e. The molecule has 2 heterocycles. The number of benzene rings is 1. The number of pyridine rings is 1. The van der Waals surface area contributed by atoms with Crippen LogP contribution in [-0.4, -0.2) is 28.6 Å². The van der Waals surface area contributed by atoms with E-state index in [2.05, 4.69) is 31.2 Å². The Balaban J connectivity index is 2.29. The Bertz CT molecular complexity index is 886. The Hall–Kier alpha value is -2.08. The van der Waals surface area contributed by atoms with Gasteiger partial charge in [-0.1, -0.05) is 15.9 Å². The lowest BCUT2D eigenvalue weighted by Gasteiger charge is -2.14. The highest BCUT2D eigenvalue weighted by molar-refractivity contribution is 9.10. The molecule has 0 unspecified atom stereocenters. The van der Waals surface area contributed by atoms with Gasteiger partial charge in [0, 0.05) is 27.6 Å². The molecular formula is C17H18BrN3O2. The quantitative estimate of drug-likeness (QED) is 0.659. The molecule has 0 saturated carbocycles. The van der Waals surface area contributed by atoms with Gasteiger partial charge in [0.25, 0.3) is 0 Å². The van der Waals surface area contributed by atoms with Gasteiger partial charge in [0.05, 0.1) is 23.3 Å². The van der Waals surface area contributed by atoms with Crippen molar-refractivity contribution in [3.8, 4) is 0 Å². The Morgan fingerprint density at radius 1 is 1.43 bits per heavy atom. The molecule has 0 aliphatic rings. The van der Waals surface area contributed by atoms with Gasteiger partial charge in [-0.15, -0.1) is 0 Å². The van der Waals surface area contributed by atoms with E-state index >= 15 is 0 Å². The molecule has 6 heteroatoms. The summed E-state index contributed by atoms with van der Waals surface area (Å²) in [4.78, 5) is 20.1. The molecule has 0 spiro atoms. The summed E-state index contributed by atoms with van der Waals surface area (Å²) in [6, 6.07) is 6.16. The van der Waals surface area contributed by atoms with Crippen molar-refractivity contribution < 1.29 is 9.53 Å². The number of ether oxygens (including phenoxy) is 1. The monoisotopic (exact) mass is 375 g/mol. The van der Waals surface area contributed by atoms with Crippen LogP contribution in [0.5, 0.6) is 0 Å². The standard InChI is InChI=1S/C17H18BrN3O2/c1-4-23-17(22)12-8-19-14-11-6-5-10(18)7-13(11)21-16(14)15(12)20-9(2)3/h5-9,21H,4H2,1-3H3,(H,19,20). The maximum absolute atomic E-state index is 12.2.